The molecule has 0 bridgehead atoms. The molecule has 124 valence electrons. The highest BCUT2D eigenvalue weighted by Gasteiger charge is 2.16. The van der Waals surface area contributed by atoms with Crippen LogP contribution in [0.15, 0.2) is 30.6 Å². The van der Waals surface area contributed by atoms with E-state index in [4.69, 9.17) is 4.74 Å². The third-order valence-corrected chi connectivity index (χ3v) is 4.31. The maximum Gasteiger partial charge on any atom is 0.139 e. The van der Waals surface area contributed by atoms with Crippen molar-refractivity contribution in [2.45, 2.75) is 39.0 Å². The molecule has 2 heterocycles. The van der Waals surface area contributed by atoms with Gasteiger partial charge in [0.1, 0.15) is 11.6 Å². The van der Waals surface area contributed by atoms with Crippen LogP contribution in [0.4, 0.5) is 0 Å². The minimum absolute atomic E-state index is 0.398. The third kappa shape index (κ3) is 3.74. The Bertz CT molecular complexity index is 645. The fourth-order valence-corrected chi connectivity index (χ4v) is 3.22. The largest absolute Gasteiger partial charge is 0.496 e. The van der Waals surface area contributed by atoms with Gasteiger partial charge in [-0.3, -0.25) is 4.90 Å². The van der Waals surface area contributed by atoms with Gasteiger partial charge in [0.25, 0.3) is 0 Å². The van der Waals surface area contributed by atoms with Gasteiger partial charge in [0.05, 0.1) is 13.2 Å². The van der Waals surface area contributed by atoms with Crippen LogP contribution in [0.5, 0.6) is 5.75 Å². The Morgan fingerprint density at radius 3 is 2.78 bits per heavy atom. The molecule has 3 rings (SSSR count). The molecule has 2 aromatic rings. The highest BCUT2D eigenvalue weighted by atomic mass is 16.5. The van der Waals surface area contributed by atoms with Gasteiger partial charge in [-0.15, -0.1) is 0 Å². The van der Waals surface area contributed by atoms with E-state index in [1.807, 2.05) is 22.9 Å². The molecule has 5 heteroatoms. The SMILES string of the molecule is COc1ccc(-c2nccn2C[C@H](C)O)cc1CN1CCCC1. The molecule has 1 aromatic heterocycles. The summed E-state index contributed by atoms with van der Waals surface area (Å²) in [7, 11) is 1.72. The molecule has 0 radical (unpaired) electrons. The standard InChI is InChI=1S/C18H25N3O2/c1-14(22)12-21-10-7-19-18(21)15-5-6-17(23-2)16(11-15)13-20-8-3-4-9-20/h5-7,10-11,14,22H,3-4,8-9,12-13H2,1-2H3/t14-/m0/s1. The average molecular weight is 315 g/mol. The van der Waals surface area contributed by atoms with Crippen molar-refractivity contribution in [3.05, 3.63) is 36.2 Å². The predicted molar refractivity (Wildman–Crippen MR) is 90.4 cm³/mol. The fourth-order valence-electron chi connectivity index (χ4n) is 3.22. The Labute approximate surface area is 137 Å². The van der Waals surface area contributed by atoms with Crippen molar-refractivity contribution >= 4 is 0 Å². The predicted octanol–water partition coefficient (Wildman–Crippen LogP) is 2.54. The first kappa shape index (κ1) is 16.0. The molecule has 23 heavy (non-hydrogen) atoms. The normalized spacial score (nSPS) is 16.7. The molecule has 5 nitrogen and oxygen atoms in total. The lowest BCUT2D eigenvalue weighted by Crippen LogP contribution is -2.19. The van der Waals surface area contributed by atoms with Gasteiger partial charge in [-0.1, -0.05) is 0 Å². The van der Waals surface area contributed by atoms with Crippen molar-refractivity contribution < 1.29 is 9.84 Å². The molecule has 0 saturated carbocycles. The summed E-state index contributed by atoms with van der Waals surface area (Å²) < 4.78 is 7.52. The van der Waals surface area contributed by atoms with E-state index >= 15 is 0 Å². The summed E-state index contributed by atoms with van der Waals surface area (Å²) in [5.74, 6) is 1.81. The Hall–Kier alpha value is -1.85. The van der Waals surface area contributed by atoms with E-state index in [0.29, 0.717) is 6.54 Å². The lowest BCUT2D eigenvalue weighted by Gasteiger charge is -2.18. The van der Waals surface area contributed by atoms with E-state index < -0.39 is 6.10 Å². The second kappa shape index (κ2) is 7.15. The molecule has 1 N–H and O–H groups in total. The third-order valence-electron chi connectivity index (χ3n) is 4.31. The van der Waals surface area contributed by atoms with Crippen LogP contribution in [-0.4, -0.2) is 45.9 Å². The summed E-state index contributed by atoms with van der Waals surface area (Å²) in [5.41, 5.74) is 2.25. The first-order valence-electron chi connectivity index (χ1n) is 8.26. The highest BCUT2D eigenvalue weighted by molar-refractivity contribution is 5.59. The van der Waals surface area contributed by atoms with Crippen LogP contribution in [0.3, 0.4) is 0 Å². The van der Waals surface area contributed by atoms with Gasteiger partial charge in [-0.25, -0.2) is 4.98 Å². The molecule has 1 fully saturated rings. The van der Waals surface area contributed by atoms with Gasteiger partial charge in [0.15, 0.2) is 0 Å². The van der Waals surface area contributed by atoms with Gasteiger partial charge in [-0.05, 0) is 51.1 Å². The van der Waals surface area contributed by atoms with Gasteiger partial charge >= 0.3 is 0 Å². The van der Waals surface area contributed by atoms with Crippen LogP contribution < -0.4 is 4.74 Å². The minimum atomic E-state index is -0.398. The number of aliphatic hydroxyl groups is 1. The maximum absolute atomic E-state index is 9.65. The summed E-state index contributed by atoms with van der Waals surface area (Å²) in [6, 6.07) is 6.22. The fraction of sp³-hybridized carbons (Fsp3) is 0.500. The molecule has 1 aromatic carbocycles. The first-order valence-corrected chi connectivity index (χ1v) is 8.26. The topological polar surface area (TPSA) is 50.5 Å². The maximum atomic E-state index is 9.65. The van der Waals surface area contributed by atoms with E-state index in [-0.39, 0.29) is 0 Å². The molecule has 1 aliphatic heterocycles. The lowest BCUT2D eigenvalue weighted by molar-refractivity contribution is 0.174. The number of aliphatic hydroxyl groups excluding tert-OH is 1. The number of hydrogen-bond donors (Lipinski definition) is 1. The molecule has 0 spiro atoms. The number of ether oxygens (including phenoxy) is 1. The molecule has 0 amide bonds. The van der Waals surface area contributed by atoms with Crippen molar-refractivity contribution in [1.29, 1.82) is 0 Å². The number of nitrogens with zero attached hydrogens (tertiary/aromatic N) is 3. The van der Waals surface area contributed by atoms with Gasteiger partial charge in [-0.2, -0.15) is 0 Å². The van der Waals surface area contributed by atoms with Crippen molar-refractivity contribution in [2.75, 3.05) is 20.2 Å². The molecule has 0 aliphatic carbocycles. The van der Waals surface area contributed by atoms with E-state index in [2.05, 4.69) is 16.0 Å². The molecular formula is C18H25N3O2. The van der Waals surface area contributed by atoms with E-state index in [0.717, 1.165) is 36.8 Å². The number of methoxy groups -OCH3 is 1. The zero-order valence-electron chi connectivity index (χ0n) is 13.9. The number of benzene rings is 1. The van der Waals surface area contributed by atoms with Crippen LogP contribution in [-0.2, 0) is 13.1 Å². The van der Waals surface area contributed by atoms with Crippen LogP contribution >= 0.6 is 0 Å². The molecule has 1 atom stereocenters. The zero-order valence-corrected chi connectivity index (χ0v) is 13.9. The highest BCUT2D eigenvalue weighted by Crippen LogP contribution is 2.28. The summed E-state index contributed by atoms with van der Waals surface area (Å²) in [4.78, 5) is 6.93. The average Bonchev–Trinajstić information content (AvgIpc) is 3.18. The number of hydrogen-bond acceptors (Lipinski definition) is 4. The molecule has 0 unspecified atom stereocenters. The second-order valence-electron chi connectivity index (χ2n) is 6.26. The number of imidazole rings is 1. The molecule has 1 aliphatic rings. The van der Waals surface area contributed by atoms with Crippen molar-refractivity contribution in [1.82, 2.24) is 14.5 Å². The zero-order chi connectivity index (χ0) is 16.2. The monoisotopic (exact) mass is 315 g/mol. The Morgan fingerprint density at radius 1 is 1.30 bits per heavy atom. The quantitative estimate of drug-likeness (QED) is 0.890. The van der Waals surface area contributed by atoms with Crippen molar-refractivity contribution in [3.8, 4) is 17.1 Å². The molecular weight excluding hydrogens is 290 g/mol. The number of rotatable bonds is 6. The smallest absolute Gasteiger partial charge is 0.139 e. The van der Waals surface area contributed by atoms with Crippen LogP contribution in [0.1, 0.15) is 25.3 Å². The summed E-state index contributed by atoms with van der Waals surface area (Å²) in [6.45, 7) is 5.56. The first-order chi connectivity index (χ1) is 11.2. The van der Waals surface area contributed by atoms with Crippen molar-refractivity contribution in [2.24, 2.45) is 0 Å². The Kier molecular flexibility index (Phi) is 4.98. The summed E-state index contributed by atoms with van der Waals surface area (Å²) in [5, 5.41) is 9.65. The summed E-state index contributed by atoms with van der Waals surface area (Å²) >= 11 is 0. The van der Waals surface area contributed by atoms with Crippen LogP contribution in [0, 0.1) is 0 Å². The number of aromatic nitrogens is 2. The van der Waals surface area contributed by atoms with Gasteiger partial charge in [0, 0.05) is 36.6 Å². The van der Waals surface area contributed by atoms with Crippen LogP contribution in [0.25, 0.3) is 11.4 Å². The Balaban J connectivity index is 1.89. The Morgan fingerprint density at radius 2 is 2.09 bits per heavy atom. The van der Waals surface area contributed by atoms with E-state index in [1.165, 1.54) is 18.4 Å². The van der Waals surface area contributed by atoms with E-state index in [9.17, 15) is 5.11 Å². The molecule has 1 saturated heterocycles. The van der Waals surface area contributed by atoms with Gasteiger partial charge < -0.3 is 14.4 Å². The number of likely N-dealkylation sites (tertiary alicyclic amines) is 1. The van der Waals surface area contributed by atoms with Crippen molar-refractivity contribution in [3.63, 3.8) is 0 Å². The van der Waals surface area contributed by atoms with Crippen LogP contribution in [0.2, 0.25) is 0 Å². The summed E-state index contributed by atoms with van der Waals surface area (Å²) in [6.07, 6.45) is 5.85. The lowest BCUT2D eigenvalue weighted by atomic mass is 10.1. The van der Waals surface area contributed by atoms with E-state index in [1.54, 1.807) is 20.2 Å². The second-order valence-corrected chi connectivity index (χ2v) is 6.26. The van der Waals surface area contributed by atoms with Gasteiger partial charge in [0.2, 0.25) is 0 Å². The minimum Gasteiger partial charge on any atom is -0.496 e.